The molecule has 0 atom stereocenters. The van der Waals surface area contributed by atoms with E-state index in [-0.39, 0.29) is 28.0 Å². The van der Waals surface area contributed by atoms with E-state index in [2.05, 4.69) is 10.6 Å². The zero-order valence-corrected chi connectivity index (χ0v) is 19.8. The second-order valence-corrected chi connectivity index (χ2v) is 8.15. The van der Waals surface area contributed by atoms with Crippen LogP contribution in [0.5, 0.6) is 0 Å². The summed E-state index contributed by atoms with van der Waals surface area (Å²) in [4.78, 5) is 49.6. The van der Waals surface area contributed by atoms with Gasteiger partial charge in [0.2, 0.25) is 0 Å². The fourth-order valence-corrected chi connectivity index (χ4v) is 4.34. The zero-order valence-electron chi connectivity index (χ0n) is 19.0. The third-order valence-electron chi connectivity index (χ3n) is 4.87. The molecule has 2 N–H and O–H groups in total. The first kappa shape index (κ1) is 24.7. The van der Waals surface area contributed by atoms with Gasteiger partial charge in [-0.1, -0.05) is 42.5 Å². The van der Waals surface area contributed by atoms with Gasteiger partial charge in [-0.2, -0.15) is 0 Å². The van der Waals surface area contributed by atoms with Crippen LogP contribution >= 0.6 is 11.3 Å². The van der Waals surface area contributed by atoms with Crippen molar-refractivity contribution in [2.45, 2.75) is 13.8 Å². The van der Waals surface area contributed by atoms with Crippen molar-refractivity contribution in [2.75, 3.05) is 25.6 Å². The minimum absolute atomic E-state index is 0.0987. The van der Waals surface area contributed by atoms with Crippen molar-refractivity contribution < 1.29 is 28.7 Å². The molecule has 1 aromatic heterocycles. The number of nitrogens with one attached hydrogen (secondary N) is 2. The van der Waals surface area contributed by atoms with Crippen molar-refractivity contribution in [2.24, 2.45) is 0 Å². The Hall–Kier alpha value is -3.98. The third-order valence-corrected chi connectivity index (χ3v) is 6.08. The number of carbonyl (C=O) groups excluding carboxylic acids is 4. The van der Waals surface area contributed by atoms with E-state index in [9.17, 15) is 19.2 Å². The maximum atomic E-state index is 12.4. The Bertz CT molecular complexity index is 1200. The van der Waals surface area contributed by atoms with Crippen LogP contribution in [0.1, 0.15) is 42.9 Å². The number of thiophene rings is 1. The minimum Gasteiger partial charge on any atom is -0.462 e. The van der Waals surface area contributed by atoms with Gasteiger partial charge in [0.1, 0.15) is 5.00 Å². The van der Waals surface area contributed by atoms with Gasteiger partial charge in [0.25, 0.3) is 11.8 Å². The molecule has 2 aromatic carbocycles. The summed E-state index contributed by atoms with van der Waals surface area (Å²) in [7, 11) is 1.47. The summed E-state index contributed by atoms with van der Waals surface area (Å²) in [6.07, 6.45) is 0. The van der Waals surface area contributed by atoms with Crippen LogP contribution < -0.4 is 10.6 Å². The number of ether oxygens (including phenoxy) is 2. The highest BCUT2D eigenvalue weighted by molar-refractivity contribution is 7.18. The van der Waals surface area contributed by atoms with Gasteiger partial charge in [-0.3, -0.25) is 9.59 Å². The molecule has 0 aliphatic heterocycles. The number of benzene rings is 2. The van der Waals surface area contributed by atoms with Gasteiger partial charge in [-0.05, 0) is 42.7 Å². The predicted molar refractivity (Wildman–Crippen MR) is 129 cm³/mol. The summed E-state index contributed by atoms with van der Waals surface area (Å²) in [6, 6.07) is 16.5. The van der Waals surface area contributed by atoms with Gasteiger partial charge in [0, 0.05) is 7.05 Å². The zero-order chi connectivity index (χ0) is 24.7. The molecule has 8 nitrogen and oxygen atoms in total. The van der Waals surface area contributed by atoms with Crippen molar-refractivity contribution in [1.82, 2.24) is 5.32 Å². The summed E-state index contributed by atoms with van der Waals surface area (Å²) in [5.41, 5.74) is 2.76. The Balaban J connectivity index is 1.67. The highest BCUT2D eigenvalue weighted by atomic mass is 32.1. The average Bonchev–Trinajstić information content (AvgIpc) is 3.18. The van der Waals surface area contributed by atoms with E-state index in [4.69, 9.17) is 9.47 Å². The van der Waals surface area contributed by atoms with Crippen LogP contribution in [-0.2, 0) is 14.3 Å². The molecule has 0 saturated carbocycles. The minimum atomic E-state index is -0.659. The Morgan fingerprint density at radius 1 is 0.882 bits per heavy atom. The standard InChI is InChI=1S/C25H24N2O6S/c1-4-32-25(31)20-15(2)21(22(29)26-3)34-23(20)27-19(28)14-33-24(30)18-12-10-17(11-13-18)16-8-6-5-7-9-16/h5-13H,4,14H2,1-3H3,(H,26,29)(H,27,28). The van der Waals surface area contributed by atoms with E-state index in [0.29, 0.717) is 11.1 Å². The first-order chi connectivity index (χ1) is 16.3. The molecule has 0 unspecified atom stereocenters. The van der Waals surface area contributed by atoms with Crippen LogP contribution in [0.4, 0.5) is 5.00 Å². The van der Waals surface area contributed by atoms with Gasteiger partial charge in [0.15, 0.2) is 6.61 Å². The van der Waals surface area contributed by atoms with Gasteiger partial charge in [-0.25, -0.2) is 9.59 Å². The van der Waals surface area contributed by atoms with E-state index in [1.807, 2.05) is 30.3 Å². The monoisotopic (exact) mass is 480 g/mol. The van der Waals surface area contributed by atoms with Crippen LogP contribution in [0, 0.1) is 6.92 Å². The van der Waals surface area contributed by atoms with Crippen LogP contribution in [0.2, 0.25) is 0 Å². The Kier molecular flexibility index (Phi) is 8.15. The molecular weight excluding hydrogens is 456 g/mol. The molecule has 0 fully saturated rings. The Morgan fingerprint density at radius 3 is 2.15 bits per heavy atom. The first-order valence-electron chi connectivity index (χ1n) is 10.5. The maximum Gasteiger partial charge on any atom is 0.341 e. The molecule has 0 aliphatic rings. The molecule has 3 rings (SSSR count). The van der Waals surface area contributed by atoms with Crippen LogP contribution in [0.3, 0.4) is 0 Å². The van der Waals surface area contributed by atoms with Crippen molar-refractivity contribution in [1.29, 1.82) is 0 Å². The van der Waals surface area contributed by atoms with Crippen molar-refractivity contribution in [3.8, 4) is 11.1 Å². The molecular formula is C25H24N2O6S. The van der Waals surface area contributed by atoms with Gasteiger partial charge in [0.05, 0.1) is 22.6 Å². The Labute approximate surface area is 200 Å². The summed E-state index contributed by atoms with van der Waals surface area (Å²) >= 11 is 0.946. The first-order valence-corrected chi connectivity index (χ1v) is 11.3. The molecule has 1 heterocycles. The molecule has 0 aliphatic carbocycles. The highest BCUT2D eigenvalue weighted by Gasteiger charge is 2.26. The van der Waals surface area contributed by atoms with E-state index < -0.39 is 24.5 Å². The molecule has 176 valence electrons. The lowest BCUT2D eigenvalue weighted by atomic mass is 10.0. The summed E-state index contributed by atoms with van der Waals surface area (Å²) in [5.74, 6) is -2.35. The number of anilines is 1. The van der Waals surface area contributed by atoms with Gasteiger partial charge >= 0.3 is 11.9 Å². The predicted octanol–water partition coefficient (Wildman–Crippen LogP) is 4.06. The number of amides is 2. The lowest BCUT2D eigenvalue weighted by molar-refractivity contribution is -0.119. The van der Waals surface area contributed by atoms with Gasteiger partial charge < -0.3 is 20.1 Å². The third kappa shape index (κ3) is 5.68. The smallest absolute Gasteiger partial charge is 0.341 e. The topological polar surface area (TPSA) is 111 Å². The fourth-order valence-electron chi connectivity index (χ4n) is 3.19. The lowest BCUT2D eigenvalue weighted by Crippen LogP contribution is -2.21. The Morgan fingerprint density at radius 2 is 1.53 bits per heavy atom. The van der Waals surface area contributed by atoms with Crippen LogP contribution in [0.25, 0.3) is 11.1 Å². The largest absolute Gasteiger partial charge is 0.462 e. The molecule has 3 aromatic rings. The molecule has 0 saturated heterocycles. The van der Waals surface area contributed by atoms with E-state index in [0.717, 1.165) is 22.5 Å². The number of carbonyl (C=O) groups is 4. The van der Waals surface area contributed by atoms with Crippen LogP contribution in [-0.4, -0.2) is 44.0 Å². The van der Waals surface area contributed by atoms with E-state index >= 15 is 0 Å². The van der Waals surface area contributed by atoms with E-state index in [1.54, 1.807) is 38.1 Å². The SMILES string of the molecule is CCOC(=O)c1c(NC(=O)COC(=O)c2ccc(-c3ccccc3)cc2)sc(C(=O)NC)c1C. The molecule has 9 heteroatoms. The number of rotatable bonds is 8. The highest BCUT2D eigenvalue weighted by Crippen LogP contribution is 2.33. The summed E-state index contributed by atoms with van der Waals surface area (Å²) in [6.45, 7) is 2.83. The quantitative estimate of drug-likeness (QED) is 0.471. The van der Waals surface area contributed by atoms with Gasteiger partial charge in [-0.15, -0.1) is 11.3 Å². The molecule has 34 heavy (non-hydrogen) atoms. The van der Waals surface area contributed by atoms with Crippen molar-refractivity contribution in [3.63, 3.8) is 0 Å². The number of esters is 2. The van der Waals surface area contributed by atoms with Crippen molar-refractivity contribution in [3.05, 3.63) is 76.2 Å². The summed E-state index contributed by atoms with van der Waals surface area (Å²) < 4.78 is 10.2. The molecule has 2 amide bonds. The number of hydrogen-bond donors (Lipinski definition) is 2. The fraction of sp³-hybridized carbons (Fsp3) is 0.200. The molecule has 0 spiro atoms. The average molecular weight is 481 g/mol. The summed E-state index contributed by atoms with van der Waals surface area (Å²) in [5, 5.41) is 5.20. The second-order valence-electron chi connectivity index (χ2n) is 7.13. The normalized spacial score (nSPS) is 10.3. The second kappa shape index (κ2) is 11.2. The van der Waals surface area contributed by atoms with Crippen LogP contribution in [0.15, 0.2) is 54.6 Å². The number of hydrogen-bond acceptors (Lipinski definition) is 7. The molecule has 0 bridgehead atoms. The van der Waals surface area contributed by atoms with Crippen molar-refractivity contribution >= 4 is 40.1 Å². The lowest BCUT2D eigenvalue weighted by Gasteiger charge is -2.08. The maximum absolute atomic E-state index is 12.4. The van der Waals surface area contributed by atoms with E-state index in [1.165, 1.54) is 7.05 Å². The molecule has 0 radical (unpaired) electrons.